The highest BCUT2D eigenvalue weighted by Crippen LogP contribution is 2.45. The lowest BCUT2D eigenvalue weighted by molar-refractivity contribution is -0.156. The van der Waals surface area contributed by atoms with Crippen LogP contribution in [0.1, 0.15) is 57.3 Å². The molecule has 0 saturated heterocycles. The number of halogens is 1. The third kappa shape index (κ3) is 5.04. The Hall–Kier alpha value is -2.91. The van der Waals surface area contributed by atoms with Gasteiger partial charge in [0, 0.05) is 12.1 Å². The maximum absolute atomic E-state index is 12.9. The van der Waals surface area contributed by atoms with Crippen LogP contribution in [0.15, 0.2) is 24.3 Å². The van der Waals surface area contributed by atoms with Crippen molar-refractivity contribution in [3.63, 3.8) is 0 Å². The zero-order valence-electron chi connectivity index (χ0n) is 18.6. The summed E-state index contributed by atoms with van der Waals surface area (Å²) >= 11 is 6.91. The summed E-state index contributed by atoms with van der Waals surface area (Å²) in [4.78, 5) is 50.3. The molecule has 0 spiro atoms. The number of amides is 2. The standard InChI is InChI=1S/C23H25ClN2O6S/c1-4-31-21(29)17-13(2)18(19(28)25-3)33-20(17)26-16(27)12-32-22(30)23(10-5-11-23)14-6-8-15(24)9-7-14/h6-9H,4-5,10-12H2,1-3H3,(H,25,28)(H,26,27). The van der Waals surface area contributed by atoms with Crippen molar-refractivity contribution >= 4 is 51.7 Å². The van der Waals surface area contributed by atoms with Crippen LogP contribution in [0.3, 0.4) is 0 Å². The predicted molar refractivity (Wildman–Crippen MR) is 125 cm³/mol. The van der Waals surface area contributed by atoms with Crippen LogP contribution < -0.4 is 10.6 Å². The summed E-state index contributed by atoms with van der Waals surface area (Å²) in [7, 11) is 1.47. The summed E-state index contributed by atoms with van der Waals surface area (Å²) in [5, 5.41) is 5.83. The summed E-state index contributed by atoms with van der Waals surface area (Å²) in [6.07, 6.45) is 2.13. The van der Waals surface area contributed by atoms with Crippen LogP contribution in [0.4, 0.5) is 5.00 Å². The van der Waals surface area contributed by atoms with Crippen LogP contribution in [-0.2, 0) is 24.5 Å². The van der Waals surface area contributed by atoms with E-state index in [1.807, 2.05) is 0 Å². The highest BCUT2D eigenvalue weighted by atomic mass is 35.5. The van der Waals surface area contributed by atoms with Gasteiger partial charge in [-0.3, -0.25) is 14.4 Å². The van der Waals surface area contributed by atoms with E-state index in [-0.39, 0.29) is 28.0 Å². The molecule has 0 atom stereocenters. The molecule has 33 heavy (non-hydrogen) atoms. The third-order valence-corrected chi connectivity index (χ3v) is 7.10. The van der Waals surface area contributed by atoms with Gasteiger partial charge in [0.2, 0.25) is 0 Å². The summed E-state index contributed by atoms with van der Waals surface area (Å²) < 4.78 is 10.4. The summed E-state index contributed by atoms with van der Waals surface area (Å²) in [6, 6.07) is 7.03. The fourth-order valence-electron chi connectivity index (χ4n) is 3.72. The van der Waals surface area contributed by atoms with E-state index < -0.39 is 29.9 Å². The fourth-order valence-corrected chi connectivity index (χ4v) is 5.01. The van der Waals surface area contributed by atoms with Crippen LogP contribution in [0, 0.1) is 6.92 Å². The Morgan fingerprint density at radius 3 is 2.33 bits per heavy atom. The van der Waals surface area contributed by atoms with E-state index in [9.17, 15) is 19.2 Å². The van der Waals surface area contributed by atoms with E-state index in [1.54, 1.807) is 38.1 Å². The van der Waals surface area contributed by atoms with E-state index in [2.05, 4.69) is 10.6 Å². The van der Waals surface area contributed by atoms with E-state index in [1.165, 1.54) is 7.05 Å². The van der Waals surface area contributed by atoms with Crippen molar-refractivity contribution in [3.05, 3.63) is 50.9 Å². The largest absolute Gasteiger partial charge is 0.462 e. The molecule has 1 aliphatic carbocycles. The molecular formula is C23H25ClN2O6S. The maximum Gasteiger partial charge on any atom is 0.341 e. The Kier molecular flexibility index (Phi) is 7.76. The first kappa shape index (κ1) is 24.7. The van der Waals surface area contributed by atoms with Crippen molar-refractivity contribution in [1.82, 2.24) is 5.32 Å². The minimum absolute atomic E-state index is 0.108. The first-order valence-electron chi connectivity index (χ1n) is 10.5. The summed E-state index contributed by atoms with van der Waals surface area (Å²) in [5.41, 5.74) is 0.530. The minimum atomic E-state index is -0.785. The molecular weight excluding hydrogens is 468 g/mol. The second-order valence-electron chi connectivity index (χ2n) is 7.63. The van der Waals surface area contributed by atoms with E-state index >= 15 is 0 Å². The summed E-state index contributed by atoms with van der Waals surface area (Å²) in [6.45, 7) is 2.88. The zero-order chi connectivity index (χ0) is 24.2. The molecule has 2 N–H and O–H groups in total. The van der Waals surface area contributed by atoms with Crippen LogP contribution in [0.2, 0.25) is 5.02 Å². The lowest BCUT2D eigenvalue weighted by atomic mass is 9.64. The molecule has 0 unspecified atom stereocenters. The predicted octanol–water partition coefficient (Wildman–Crippen LogP) is 3.85. The fraction of sp³-hybridized carbons (Fsp3) is 0.391. The van der Waals surface area contributed by atoms with Crippen molar-refractivity contribution in [2.75, 3.05) is 25.6 Å². The Bertz CT molecular complexity index is 1080. The van der Waals surface area contributed by atoms with E-state index in [0.29, 0.717) is 23.4 Å². The molecule has 10 heteroatoms. The Morgan fingerprint density at radius 1 is 1.12 bits per heavy atom. The Morgan fingerprint density at radius 2 is 1.79 bits per heavy atom. The molecule has 1 heterocycles. The molecule has 1 aromatic heterocycles. The molecule has 1 fully saturated rings. The van der Waals surface area contributed by atoms with Gasteiger partial charge < -0.3 is 20.1 Å². The number of carbonyl (C=O) groups is 4. The van der Waals surface area contributed by atoms with Gasteiger partial charge in [0.05, 0.1) is 22.5 Å². The van der Waals surface area contributed by atoms with Crippen LogP contribution in [0.25, 0.3) is 0 Å². The average molecular weight is 493 g/mol. The average Bonchev–Trinajstić information content (AvgIpc) is 3.08. The lowest BCUT2D eigenvalue weighted by Crippen LogP contribution is -2.44. The topological polar surface area (TPSA) is 111 Å². The van der Waals surface area contributed by atoms with Crippen LogP contribution in [0.5, 0.6) is 0 Å². The molecule has 1 aromatic carbocycles. The zero-order valence-corrected chi connectivity index (χ0v) is 20.2. The van der Waals surface area contributed by atoms with Gasteiger partial charge >= 0.3 is 11.9 Å². The number of thiophene rings is 1. The number of benzene rings is 1. The molecule has 8 nitrogen and oxygen atoms in total. The van der Waals surface area contributed by atoms with Crippen LogP contribution in [-0.4, -0.2) is 44.0 Å². The van der Waals surface area contributed by atoms with Crippen molar-refractivity contribution in [3.8, 4) is 0 Å². The number of hydrogen-bond acceptors (Lipinski definition) is 7. The van der Waals surface area contributed by atoms with Crippen molar-refractivity contribution < 1.29 is 28.7 Å². The van der Waals surface area contributed by atoms with Gasteiger partial charge in [0.25, 0.3) is 11.8 Å². The molecule has 0 radical (unpaired) electrons. The molecule has 2 amide bonds. The lowest BCUT2D eigenvalue weighted by Gasteiger charge is -2.39. The highest BCUT2D eigenvalue weighted by Gasteiger charge is 2.47. The summed E-state index contributed by atoms with van der Waals surface area (Å²) in [5.74, 6) is -2.14. The van der Waals surface area contributed by atoms with Gasteiger partial charge in [-0.15, -0.1) is 11.3 Å². The first-order chi connectivity index (χ1) is 15.7. The van der Waals surface area contributed by atoms with E-state index in [0.717, 1.165) is 23.3 Å². The Labute approximate surface area is 200 Å². The van der Waals surface area contributed by atoms with Crippen molar-refractivity contribution in [2.24, 2.45) is 0 Å². The number of anilines is 1. The maximum atomic E-state index is 12.9. The number of carbonyl (C=O) groups excluding carboxylic acids is 4. The van der Waals surface area contributed by atoms with Crippen molar-refractivity contribution in [2.45, 2.75) is 38.5 Å². The third-order valence-electron chi connectivity index (χ3n) is 5.64. The number of ether oxygens (including phenoxy) is 2. The molecule has 0 aliphatic heterocycles. The molecule has 2 aromatic rings. The van der Waals surface area contributed by atoms with E-state index in [4.69, 9.17) is 21.1 Å². The number of nitrogens with one attached hydrogen (secondary N) is 2. The number of rotatable bonds is 8. The smallest absolute Gasteiger partial charge is 0.341 e. The number of hydrogen-bond donors (Lipinski definition) is 2. The normalized spacial score (nSPS) is 14.1. The minimum Gasteiger partial charge on any atom is -0.462 e. The van der Waals surface area contributed by atoms with Gasteiger partial charge in [0.15, 0.2) is 6.61 Å². The van der Waals surface area contributed by atoms with Crippen LogP contribution >= 0.6 is 22.9 Å². The Balaban J connectivity index is 1.73. The van der Waals surface area contributed by atoms with Gasteiger partial charge in [-0.2, -0.15) is 0 Å². The quantitative estimate of drug-likeness (QED) is 0.541. The SMILES string of the molecule is CCOC(=O)c1c(NC(=O)COC(=O)C2(c3ccc(Cl)cc3)CCC2)sc(C(=O)NC)c1C. The monoisotopic (exact) mass is 492 g/mol. The van der Waals surface area contributed by atoms with Gasteiger partial charge in [-0.25, -0.2) is 4.79 Å². The first-order valence-corrected chi connectivity index (χ1v) is 11.7. The van der Waals surface area contributed by atoms with Gasteiger partial charge in [-0.05, 0) is 49.9 Å². The highest BCUT2D eigenvalue weighted by molar-refractivity contribution is 7.18. The second kappa shape index (κ2) is 10.4. The second-order valence-corrected chi connectivity index (χ2v) is 9.08. The molecule has 176 valence electrons. The molecule has 1 saturated carbocycles. The molecule has 3 rings (SSSR count). The van der Waals surface area contributed by atoms with Gasteiger partial charge in [0.1, 0.15) is 5.00 Å². The van der Waals surface area contributed by atoms with Crippen molar-refractivity contribution in [1.29, 1.82) is 0 Å². The number of esters is 2. The van der Waals surface area contributed by atoms with Gasteiger partial charge in [-0.1, -0.05) is 30.2 Å². The molecule has 1 aliphatic rings. The molecule has 0 bridgehead atoms.